The van der Waals surface area contributed by atoms with Crippen molar-refractivity contribution in [2.24, 2.45) is 5.92 Å². The van der Waals surface area contributed by atoms with E-state index in [-0.39, 0.29) is 5.82 Å². The zero-order chi connectivity index (χ0) is 13.5. The molecule has 1 aliphatic rings. The van der Waals surface area contributed by atoms with Gasteiger partial charge in [0.15, 0.2) is 0 Å². The second-order valence-electron chi connectivity index (χ2n) is 4.88. The first-order chi connectivity index (χ1) is 9.31. The van der Waals surface area contributed by atoms with Gasteiger partial charge < -0.3 is 10.1 Å². The molecule has 1 heterocycles. The predicted molar refractivity (Wildman–Crippen MR) is 78.1 cm³/mol. The molecule has 4 heteroatoms. The Morgan fingerprint density at radius 1 is 1.47 bits per heavy atom. The number of halogens is 1. The molecule has 1 N–H and O–H groups in total. The van der Waals surface area contributed by atoms with Crippen LogP contribution in [0.15, 0.2) is 29.2 Å². The summed E-state index contributed by atoms with van der Waals surface area (Å²) in [7, 11) is 0. The first kappa shape index (κ1) is 14.8. The van der Waals surface area contributed by atoms with E-state index in [0.29, 0.717) is 12.0 Å². The first-order valence-corrected chi connectivity index (χ1v) is 7.98. The summed E-state index contributed by atoms with van der Waals surface area (Å²) in [5, 5.41) is 3.52. The number of ether oxygens (including phenoxy) is 1. The average molecular weight is 283 g/mol. The lowest BCUT2D eigenvalue weighted by Gasteiger charge is -2.30. The van der Waals surface area contributed by atoms with Gasteiger partial charge in [-0.25, -0.2) is 4.39 Å². The van der Waals surface area contributed by atoms with Gasteiger partial charge in [0.05, 0.1) is 6.61 Å². The monoisotopic (exact) mass is 283 g/mol. The van der Waals surface area contributed by atoms with Gasteiger partial charge in [0, 0.05) is 23.3 Å². The van der Waals surface area contributed by atoms with Crippen molar-refractivity contribution in [2.75, 3.05) is 25.5 Å². The van der Waals surface area contributed by atoms with Gasteiger partial charge in [-0.15, -0.1) is 11.8 Å². The molecule has 0 aliphatic carbocycles. The molecule has 0 amide bonds. The number of benzene rings is 1. The molecule has 1 saturated heterocycles. The van der Waals surface area contributed by atoms with Gasteiger partial charge in [-0.3, -0.25) is 0 Å². The van der Waals surface area contributed by atoms with Crippen molar-refractivity contribution < 1.29 is 9.13 Å². The van der Waals surface area contributed by atoms with Crippen LogP contribution in [0.3, 0.4) is 0 Å². The lowest BCUT2D eigenvalue weighted by atomic mass is 9.95. The van der Waals surface area contributed by atoms with Crippen LogP contribution in [-0.2, 0) is 4.74 Å². The number of hydrogen-bond acceptors (Lipinski definition) is 3. The van der Waals surface area contributed by atoms with Crippen LogP contribution < -0.4 is 5.32 Å². The Balaban J connectivity index is 1.91. The number of rotatable bonds is 6. The predicted octanol–water partition coefficient (Wildman–Crippen LogP) is 3.32. The molecule has 0 spiro atoms. The Hall–Kier alpha value is -0.580. The zero-order valence-corrected chi connectivity index (χ0v) is 12.2. The third kappa shape index (κ3) is 4.48. The zero-order valence-electron chi connectivity index (χ0n) is 11.4. The largest absolute Gasteiger partial charge is 0.381 e. The molecule has 1 fully saturated rings. The van der Waals surface area contributed by atoms with E-state index >= 15 is 0 Å². The Bertz CT molecular complexity index is 382. The van der Waals surface area contributed by atoms with E-state index in [1.165, 1.54) is 12.5 Å². The maximum absolute atomic E-state index is 13.6. The molecule has 1 aromatic carbocycles. The fourth-order valence-corrected chi connectivity index (χ4v) is 3.58. The minimum absolute atomic E-state index is 0.123. The summed E-state index contributed by atoms with van der Waals surface area (Å²) in [6.07, 6.45) is 2.34. The number of hydrogen-bond donors (Lipinski definition) is 1. The lowest BCUT2D eigenvalue weighted by Crippen LogP contribution is -2.42. The van der Waals surface area contributed by atoms with Crippen LogP contribution in [0.2, 0.25) is 0 Å². The fourth-order valence-electron chi connectivity index (χ4n) is 2.45. The smallest absolute Gasteiger partial charge is 0.136 e. The van der Waals surface area contributed by atoms with Crippen LogP contribution in [0.25, 0.3) is 0 Å². The molecular weight excluding hydrogens is 261 g/mol. The Labute approximate surface area is 119 Å². The van der Waals surface area contributed by atoms with E-state index in [1.807, 2.05) is 12.1 Å². The lowest BCUT2D eigenvalue weighted by molar-refractivity contribution is 0.0429. The molecule has 106 valence electrons. The van der Waals surface area contributed by atoms with Gasteiger partial charge in [-0.05, 0) is 37.4 Å². The molecule has 19 heavy (non-hydrogen) atoms. The maximum atomic E-state index is 13.6. The van der Waals surface area contributed by atoms with Crippen LogP contribution in [0.4, 0.5) is 4.39 Å². The summed E-state index contributed by atoms with van der Waals surface area (Å²) in [5.74, 6) is 1.32. The van der Waals surface area contributed by atoms with E-state index in [2.05, 4.69) is 12.2 Å². The molecule has 0 saturated carbocycles. The van der Waals surface area contributed by atoms with Gasteiger partial charge >= 0.3 is 0 Å². The van der Waals surface area contributed by atoms with Crippen molar-refractivity contribution in [3.05, 3.63) is 30.1 Å². The number of thioether (sulfide) groups is 1. The molecule has 1 aromatic rings. The van der Waals surface area contributed by atoms with Crippen molar-refractivity contribution in [1.29, 1.82) is 0 Å². The summed E-state index contributed by atoms with van der Waals surface area (Å²) in [6.45, 7) is 4.77. The maximum Gasteiger partial charge on any atom is 0.136 e. The normalized spacial score (nSPS) is 21.3. The topological polar surface area (TPSA) is 21.3 Å². The summed E-state index contributed by atoms with van der Waals surface area (Å²) in [5.41, 5.74) is 0. The minimum atomic E-state index is -0.123. The highest BCUT2D eigenvalue weighted by atomic mass is 32.2. The molecule has 2 atom stereocenters. The molecule has 2 nitrogen and oxygen atoms in total. The highest BCUT2D eigenvalue weighted by molar-refractivity contribution is 7.99. The molecular formula is C15H22FNOS. The van der Waals surface area contributed by atoms with Gasteiger partial charge in [0.1, 0.15) is 5.82 Å². The van der Waals surface area contributed by atoms with E-state index < -0.39 is 0 Å². The summed E-state index contributed by atoms with van der Waals surface area (Å²) < 4.78 is 19.2. The summed E-state index contributed by atoms with van der Waals surface area (Å²) in [4.78, 5) is 0.738. The molecule has 1 aliphatic heterocycles. The molecule has 0 bridgehead atoms. The summed E-state index contributed by atoms with van der Waals surface area (Å²) in [6, 6.07) is 7.39. The van der Waals surface area contributed by atoms with Crippen LogP contribution in [-0.4, -0.2) is 31.6 Å². The minimum Gasteiger partial charge on any atom is -0.381 e. The van der Waals surface area contributed by atoms with E-state index in [1.54, 1.807) is 17.8 Å². The van der Waals surface area contributed by atoms with Gasteiger partial charge in [0.25, 0.3) is 0 Å². The third-order valence-electron chi connectivity index (χ3n) is 3.49. The molecule has 2 unspecified atom stereocenters. The van der Waals surface area contributed by atoms with Crippen molar-refractivity contribution in [1.82, 2.24) is 5.32 Å². The van der Waals surface area contributed by atoms with Gasteiger partial charge in [-0.1, -0.05) is 19.1 Å². The molecule has 2 rings (SSSR count). The van der Waals surface area contributed by atoms with Gasteiger partial charge in [-0.2, -0.15) is 0 Å². The Morgan fingerprint density at radius 3 is 3.00 bits per heavy atom. The van der Waals surface area contributed by atoms with Crippen molar-refractivity contribution in [3.63, 3.8) is 0 Å². The second-order valence-corrected chi connectivity index (χ2v) is 5.94. The highest BCUT2D eigenvalue weighted by Crippen LogP contribution is 2.26. The van der Waals surface area contributed by atoms with Crippen molar-refractivity contribution in [2.45, 2.75) is 30.7 Å². The van der Waals surface area contributed by atoms with Crippen molar-refractivity contribution >= 4 is 11.8 Å². The Kier molecular flexibility index (Phi) is 6.14. The molecule has 0 aromatic heterocycles. The quantitative estimate of drug-likeness (QED) is 0.809. The van der Waals surface area contributed by atoms with Crippen LogP contribution in [0.5, 0.6) is 0 Å². The second kappa shape index (κ2) is 7.88. The van der Waals surface area contributed by atoms with Gasteiger partial charge in [0.2, 0.25) is 0 Å². The highest BCUT2D eigenvalue weighted by Gasteiger charge is 2.23. The van der Waals surface area contributed by atoms with E-state index in [4.69, 9.17) is 4.74 Å². The number of nitrogens with one attached hydrogen (secondary N) is 1. The average Bonchev–Trinajstić information content (AvgIpc) is 2.46. The van der Waals surface area contributed by atoms with E-state index in [0.717, 1.165) is 36.8 Å². The van der Waals surface area contributed by atoms with Crippen LogP contribution >= 0.6 is 11.8 Å². The Morgan fingerprint density at radius 2 is 2.32 bits per heavy atom. The molecule has 0 radical (unpaired) electrons. The van der Waals surface area contributed by atoms with Crippen molar-refractivity contribution in [3.8, 4) is 0 Å². The van der Waals surface area contributed by atoms with E-state index in [9.17, 15) is 4.39 Å². The third-order valence-corrected chi connectivity index (χ3v) is 4.65. The summed E-state index contributed by atoms with van der Waals surface area (Å²) >= 11 is 1.60. The fraction of sp³-hybridized carbons (Fsp3) is 0.600. The first-order valence-electron chi connectivity index (χ1n) is 6.99. The van der Waals surface area contributed by atoms with Crippen LogP contribution in [0.1, 0.15) is 19.8 Å². The standard InChI is InChI=1S/C15H22FNOS/c1-2-17-14(12-6-5-9-18-10-12)11-19-15-8-4-3-7-13(15)16/h3-4,7-8,12,14,17H,2,5-6,9-11H2,1H3. The van der Waals surface area contributed by atoms with Crippen LogP contribution in [0, 0.1) is 11.7 Å². The SMILES string of the molecule is CCNC(CSc1ccccc1F)C1CCCOC1.